The maximum Gasteiger partial charge on any atom is 0.325 e. The molecule has 4 rings (SSSR count). The van der Waals surface area contributed by atoms with E-state index in [4.69, 9.17) is 5.26 Å². The first-order chi connectivity index (χ1) is 16.9. The van der Waals surface area contributed by atoms with Crippen molar-refractivity contribution in [2.45, 2.75) is 19.0 Å². The summed E-state index contributed by atoms with van der Waals surface area (Å²) in [5, 5.41) is 14.7. The van der Waals surface area contributed by atoms with Crippen LogP contribution in [0.3, 0.4) is 0 Å². The molecule has 0 aliphatic heterocycles. The van der Waals surface area contributed by atoms with Crippen molar-refractivity contribution in [1.82, 2.24) is 14.9 Å². The Morgan fingerprint density at radius 3 is 2.49 bits per heavy atom. The van der Waals surface area contributed by atoms with Gasteiger partial charge in [-0.25, -0.2) is 9.78 Å². The third kappa shape index (κ3) is 5.39. The van der Waals surface area contributed by atoms with Crippen LogP contribution in [0, 0.1) is 25.2 Å². The highest BCUT2D eigenvalue weighted by molar-refractivity contribution is 7.99. The average molecular weight is 484 g/mol. The van der Waals surface area contributed by atoms with Gasteiger partial charge in [0.15, 0.2) is 5.16 Å². The van der Waals surface area contributed by atoms with Crippen LogP contribution < -0.4 is 16.2 Å². The molecule has 0 aliphatic rings. The van der Waals surface area contributed by atoms with Gasteiger partial charge in [-0.1, -0.05) is 30.0 Å². The van der Waals surface area contributed by atoms with Crippen molar-refractivity contribution in [1.29, 1.82) is 5.26 Å². The van der Waals surface area contributed by atoms with Crippen molar-refractivity contribution in [2.75, 3.05) is 11.1 Å². The zero-order valence-corrected chi connectivity index (χ0v) is 19.8. The summed E-state index contributed by atoms with van der Waals surface area (Å²) in [6.07, 6.45) is 0. The van der Waals surface area contributed by atoms with E-state index < -0.39 is 11.9 Å². The number of nitrogens with one attached hydrogen (secondary N) is 2. The van der Waals surface area contributed by atoms with E-state index in [1.165, 1.54) is 4.57 Å². The Labute approximate surface area is 205 Å². The van der Waals surface area contributed by atoms with Crippen LogP contribution in [0.1, 0.15) is 16.7 Å². The van der Waals surface area contributed by atoms with Crippen LogP contribution in [0.25, 0.3) is 16.6 Å². The number of thioether (sulfide) groups is 1. The summed E-state index contributed by atoms with van der Waals surface area (Å²) in [4.78, 5) is 42.6. The summed E-state index contributed by atoms with van der Waals surface area (Å²) in [7, 11) is 0. The SMILES string of the molecule is Cc1ccc(NC(=O)NC(=O)CSc2nc3ccccc3c(=O)n2-c2ccc(C#N)cc2)cc1C. The maximum atomic E-state index is 13.3. The van der Waals surface area contributed by atoms with E-state index in [9.17, 15) is 14.4 Å². The van der Waals surface area contributed by atoms with Crippen molar-refractivity contribution in [3.63, 3.8) is 0 Å². The third-order valence-corrected chi connectivity index (χ3v) is 6.29. The van der Waals surface area contributed by atoms with Crippen molar-refractivity contribution >= 4 is 40.3 Å². The van der Waals surface area contributed by atoms with E-state index in [2.05, 4.69) is 15.6 Å². The summed E-state index contributed by atoms with van der Waals surface area (Å²) >= 11 is 1.04. The van der Waals surface area contributed by atoms with Gasteiger partial charge in [-0.05, 0) is 73.5 Å². The zero-order chi connectivity index (χ0) is 24.9. The number of nitrogens with zero attached hydrogens (tertiary/aromatic N) is 3. The molecule has 174 valence electrons. The maximum absolute atomic E-state index is 13.3. The molecule has 0 bridgehead atoms. The molecule has 2 N–H and O–H groups in total. The molecule has 0 spiro atoms. The molecule has 4 aromatic rings. The van der Waals surface area contributed by atoms with E-state index in [-0.39, 0.29) is 11.3 Å². The quantitative estimate of drug-likeness (QED) is 0.323. The molecule has 0 saturated heterocycles. The number of hydrogen-bond donors (Lipinski definition) is 2. The first-order valence-electron chi connectivity index (χ1n) is 10.7. The summed E-state index contributed by atoms with van der Waals surface area (Å²) in [5.41, 5.74) is 3.87. The Morgan fingerprint density at radius 2 is 1.77 bits per heavy atom. The Bertz CT molecular complexity index is 1540. The fraction of sp³-hybridized carbons (Fsp3) is 0.115. The van der Waals surface area contributed by atoms with Crippen molar-refractivity contribution < 1.29 is 9.59 Å². The number of amides is 3. The fourth-order valence-electron chi connectivity index (χ4n) is 3.40. The molecule has 1 heterocycles. The van der Waals surface area contributed by atoms with Crippen LogP contribution in [0.2, 0.25) is 0 Å². The minimum absolute atomic E-state index is 0.137. The lowest BCUT2D eigenvalue weighted by molar-refractivity contribution is -0.117. The number of aromatic nitrogens is 2. The molecular formula is C26H21N5O3S. The van der Waals surface area contributed by atoms with Crippen LogP contribution in [0.4, 0.5) is 10.5 Å². The second kappa shape index (κ2) is 10.2. The summed E-state index contributed by atoms with van der Waals surface area (Å²) in [6, 6.07) is 20.3. The Balaban J connectivity index is 1.54. The predicted molar refractivity (Wildman–Crippen MR) is 136 cm³/mol. The number of aryl methyl sites for hydroxylation is 2. The summed E-state index contributed by atoms with van der Waals surface area (Å²) in [6.45, 7) is 3.91. The van der Waals surface area contributed by atoms with Gasteiger partial charge >= 0.3 is 6.03 Å². The monoisotopic (exact) mass is 483 g/mol. The van der Waals surface area contributed by atoms with E-state index in [0.717, 1.165) is 22.9 Å². The van der Waals surface area contributed by atoms with Gasteiger partial charge in [-0.3, -0.25) is 19.5 Å². The van der Waals surface area contributed by atoms with E-state index in [0.29, 0.717) is 33.0 Å². The fourth-order valence-corrected chi connectivity index (χ4v) is 4.21. The lowest BCUT2D eigenvalue weighted by Crippen LogP contribution is -2.35. The van der Waals surface area contributed by atoms with E-state index >= 15 is 0 Å². The number of urea groups is 1. The molecule has 0 saturated carbocycles. The van der Waals surface area contributed by atoms with Gasteiger partial charge in [0.1, 0.15) is 0 Å². The molecule has 0 radical (unpaired) electrons. The van der Waals surface area contributed by atoms with Gasteiger partial charge < -0.3 is 5.32 Å². The van der Waals surface area contributed by atoms with Gasteiger partial charge in [0.05, 0.1) is 34.0 Å². The molecule has 0 atom stereocenters. The standard InChI is InChI=1S/C26H21N5O3S/c1-16-7-10-19(13-17(16)2)28-25(34)30-23(32)15-35-26-29-22-6-4-3-5-21(22)24(33)31(26)20-11-8-18(14-27)9-12-20/h3-13H,15H2,1-2H3,(H2,28,30,32,34). The Hall–Kier alpha value is -4.42. The number of carbonyl (C=O) groups is 2. The van der Waals surface area contributed by atoms with Crippen LogP contribution in [-0.4, -0.2) is 27.2 Å². The van der Waals surface area contributed by atoms with Crippen molar-refractivity contribution in [3.05, 3.63) is 93.8 Å². The second-order valence-electron chi connectivity index (χ2n) is 7.80. The minimum atomic E-state index is -0.644. The van der Waals surface area contributed by atoms with Gasteiger partial charge in [0.2, 0.25) is 5.91 Å². The van der Waals surface area contributed by atoms with Gasteiger partial charge in [0.25, 0.3) is 5.56 Å². The van der Waals surface area contributed by atoms with Crippen LogP contribution >= 0.6 is 11.8 Å². The van der Waals surface area contributed by atoms with Crippen LogP contribution in [0.15, 0.2) is 76.7 Å². The molecule has 0 fully saturated rings. The average Bonchev–Trinajstić information content (AvgIpc) is 2.85. The molecule has 3 aromatic carbocycles. The third-order valence-electron chi connectivity index (χ3n) is 5.35. The lowest BCUT2D eigenvalue weighted by atomic mass is 10.1. The van der Waals surface area contributed by atoms with Crippen LogP contribution in [0.5, 0.6) is 0 Å². The summed E-state index contributed by atoms with van der Waals surface area (Å²) < 4.78 is 1.40. The first kappa shape index (κ1) is 23.7. The van der Waals surface area contributed by atoms with Crippen LogP contribution in [-0.2, 0) is 4.79 Å². The molecular weight excluding hydrogens is 462 g/mol. The second-order valence-corrected chi connectivity index (χ2v) is 8.74. The molecule has 1 aromatic heterocycles. The zero-order valence-electron chi connectivity index (χ0n) is 19.0. The van der Waals surface area contributed by atoms with Gasteiger partial charge in [0, 0.05) is 5.69 Å². The number of fused-ring (bicyclic) bond motifs is 1. The largest absolute Gasteiger partial charge is 0.325 e. The number of imide groups is 1. The number of carbonyl (C=O) groups excluding carboxylic acids is 2. The molecule has 8 nitrogen and oxygen atoms in total. The van der Waals surface area contributed by atoms with Gasteiger partial charge in [-0.2, -0.15) is 5.26 Å². The normalized spacial score (nSPS) is 10.5. The molecule has 35 heavy (non-hydrogen) atoms. The number of nitriles is 1. The number of benzene rings is 3. The number of anilines is 1. The van der Waals surface area contributed by atoms with E-state index in [1.54, 1.807) is 54.6 Å². The van der Waals surface area contributed by atoms with Crippen molar-refractivity contribution in [2.24, 2.45) is 0 Å². The Kier molecular flexibility index (Phi) is 6.94. The topological polar surface area (TPSA) is 117 Å². The van der Waals surface area contributed by atoms with E-state index in [1.807, 2.05) is 32.0 Å². The summed E-state index contributed by atoms with van der Waals surface area (Å²) in [5.74, 6) is -0.674. The smallest absolute Gasteiger partial charge is 0.308 e. The molecule has 9 heteroatoms. The van der Waals surface area contributed by atoms with Gasteiger partial charge in [-0.15, -0.1) is 0 Å². The predicted octanol–water partition coefficient (Wildman–Crippen LogP) is 4.31. The molecule has 3 amide bonds. The highest BCUT2D eigenvalue weighted by atomic mass is 32.2. The number of rotatable bonds is 5. The highest BCUT2D eigenvalue weighted by Gasteiger charge is 2.16. The van der Waals surface area contributed by atoms with Crippen molar-refractivity contribution in [3.8, 4) is 11.8 Å². The number of hydrogen-bond acceptors (Lipinski definition) is 6. The molecule has 0 unspecified atom stereocenters. The minimum Gasteiger partial charge on any atom is -0.308 e. The molecule has 0 aliphatic carbocycles. The highest BCUT2D eigenvalue weighted by Crippen LogP contribution is 2.21. The number of para-hydroxylation sites is 1. The first-order valence-corrected chi connectivity index (χ1v) is 11.7. The Morgan fingerprint density at radius 1 is 1.03 bits per heavy atom. The lowest BCUT2D eigenvalue weighted by Gasteiger charge is -2.13.